The molecule has 0 aliphatic carbocycles. The van der Waals surface area contributed by atoms with Gasteiger partial charge in [-0.3, -0.25) is 25.3 Å². The lowest BCUT2D eigenvalue weighted by Gasteiger charge is -2.20. The fraction of sp³-hybridized carbons (Fsp3) is 0.385. The molecule has 0 aliphatic rings. The maximum absolute atomic E-state index is 12.3. The summed E-state index contributed by atoms with van der Waals surface area (Å²) in [4.78, 5) is 24.3. The summed E-state index contributed by atoms with van der Waals surface area (Å²) in [5.41, 5.74) is 4.68. The molecule has 21 heavy (non-hydrogen) atoms. The van der Waals surface area contributed by atoms with Crippen molar-refractivity contribution in [2.24, 2.45) is 0 Å². The second-order valence-corrected chi connectivity index (χ2v) is 4.22. The third-order valence-electron chi connectivity index (χ3n) is 2.53. The van der Waals surface area contributed by atoms with Gasteiger partial charge < -0.3 is 5.11 Å². The fourth-order valence-corrected chi connectivity index (χ4v) is 1.60. The number of hydrogen-bond donors (Lipinski definition) is 3. The van der Waals surface area contributed by atoms with E-state index in [1.54, 1.807) is 30.3 Å². The number of hydrazine groups is 1. The van der Waals surface area contributed by atoms with E-state index < -0.39 is 24.8 Å². The van der Waals surface area contributed by atoms with Crippen LogP contribution in [-0.2, 0) is 4.79 Å². The highest BCUT2D eigenvalue weighted by molar-refractivity contribution is 5.95. The Morgan fingerprint density at radius 3 is 2.43 bits per heavy atom. The van der Waals surface area contributed by atoms with Crippen LogP contribution in [0.3, 0.4) is 0 Å². The van der Waals surface area contributed by atoms with Crippen LogP contribution in [0.15, 0.2) is 30.3 Å². The van der Waals surface area contributed by atoms with Gasteiger partial charge in [0, 0.05) is 12.1 Å². The van der Waals surface area contributed by atoms with Gasteiger partial charge in [-0.15, -0.1) is 0 Å². The van der Waals surface area contributed by atoms with Gasteiger partial charge in [0.25, 0.3) is 18.2 Å². The van der Waals surface area contributed by atoms with Gasteiger partial charge in [-0.25, -0.2) is 8.78 Å². The Morgan fingerprint density at radius 2 is 1.86 bits per heavy atom. The van der Waals surface area contributed by atoms with Gasteiger partial charge in [0.2, 0.25) is 0 Å². The van der Waals surface area contributed by atoms with Crippen LogP contribution in [0.5, 0.6) is 0 Å². The van der Waals surface area contributed by atoms with Crippen molar-refractivity contribution < 1.29 is 23.5 Å². The first-order chi connectivity index (χ1) is 10.0. The zero-order chi connectivity index (χ0) is 15.7. The monoisotopic (exact) mass is 301 g/mol. The van der Waals surface area contributed by atoms with Crippen molar-refractivity contribution >= 4 is 11.8 Å². The van der Waals surface area contributed by atoms with Gasteiger partial charge >= 0.3 is 0 Å². The number of aliphatic hydroxyl groups excluding tert-OH is 1. The molecular formula is C13H17F2N3O3. The average Bonchev–Trinajstić information content (AvgIpc) is 2.45. The van der Waals surface area contributed by atoms with Crippen LogP contribution in [-0.4, -0.2) is 54.5 Å². The number of hydrogen-bond acceptors (Lipinski definition) is 4. The van der Waals surface area contributed by atoms with Crippen LogP contribution >= 0.6 is 0 Å². The summed E-state index contributed by atoms with van der Waals surface area (Å²) in [6.07, 6.45) is -2.61. The smallest absolute Gasteiger partial charge is 0.269 e. The Bertz CT molecular complexity index is 457. The third-order valence-corrected chi connectivity index (χ3v) is 2.53. The molecule has 0 unspecified atom stereocenters. The molecule has 0 bridgehead atoms. The summed E-state index contributed by atoms with van der Waals surface area (Å²) in [7, 11) is 0. The molecular weight excluding hydrogens is 284 g/mol. The predicted molar refractivity (Wildman–Crippen MR) is 71.6 cm³/mol. The highest BCUT2D eigenvalue weighted by Gasteiger charge is 2.15. The van der Waals surface area contributed by atoms with Crippen molar-refractivity contribution in [2.75, 3.05) is 26.2 Å². The lowest BCUT2D eigenvalue weighted by atomic mass is 10.2. The Balaban J connectivity index is 2.40. The van der Waals surface area contributed by atoms with E-state index in [0.29, 0.717) is 5.56 Å². The molecule has 0 aliphatic heterocycles. The minimum absolute atomic E-state index is 0.0512. The second kappa shape index (κ2) is 8.98. The summed E-state index contributed by atoms with van der Waals surface area (Å²) in [6.45, 7) is -1.36. The van der Waals surface area contributed by atoms with E-state index >= 15 is 0 Å². The van der Waals surface area contributed by atoms with Gasteiger partial charge in [0.1, 0.15) is 0 Å². The molecule has 0 aromatic heterocycles. The molecule has 0 saturated heterocycles. The summed E-state index contributed by atoms with van der Waals surface area (Å²) < 4.78 is 24.5. The summed E-state index contributed by atoms with van der Waals surface area (Å²) in [5.74, 6) is -1.15. The van der Waals surface area contributed by atoms with E-state index in [4.69, 9.17) is 5.11 Å². The quantitative estimate of drug-likeness (QED) is 0.620. The number of alkyl halides is 2. The van der Waals surface area contributed by atoms with Gasteiger partial charge in [-0.05, 0) is 12.1 Å². The molecule has 116 valence electrons. The van der Waals surface area contributed by atoms with Crippen LogP contribution in [0, 0.1) is 0 Å². The number of amides is 2. The van der Waals surface area contributed by atoms with Gasteiger partial charge in [-0.1, -0.05) is 18.2 Å². The van der Waals surface area contributed by atoms with Crippen LogP contribution in [0.4, 0.5) is 8.78 Å². The number of rotatable bonds is 7. The zero-order valence-corrected chi connectivity index (χ0v) is 11.3. The lowest BCUT2D eigenvalue weighted by Crippen LogP contribution is -2.47. The number of nitrogens with zero attached hydrogens (tertiary/aromatic N) is 1. The molecule has 1 rings (SSSR count). The van der Waals surface area contributed by atoms with E-state index in [0.717, 1.165) is 4.90 Å². The SMILES string of the molecule is O=C(CN(CCO)CC(F)F)NNC(=O)c1ccccc1. The first-order valence-electron chi connectivity index (χ1n) is 6.28. The van der Waals surface area contributed by atoms with Crippen LogP contribution in [0.2, 0.25) is 0 Å². The van der Waals surface area contributed by atoms with Gasteiger partial charge in [-0.2, -0.15) is 0 Å². The van der Waals surface area contributed by atoms with Crippen LogP contribution in [0.25, 0.3) is 0 Å². The number of nitrogens with one attached hydrogen (secondary N) is 2. The molecule has 0 atom stereocenters. The van der Waals surface area contributed by atoms with Crippen molar-refractivity contribution in [1.29, 1.82) is 0 Å². The largest absolute Gasteiger partial charge is 0.395 e. The maximum atomic E-state index is 12.3. The highest BCUT2D eigenvalue weighted by Crippen LogP contribution is 1.98. The average molecular weight is 301 g/mol. The fourth-order valence-electron chi connectivity index (χ4n) is 1.60. The molecule has 2 amide bonds. The Hall–Kier alpha value is -2.06. The van der Waals surface area contributed by atoms with Crippen molar-refractivity contribution in [3.8, 4) is 0 Å². The van der Waals surface area contributed by atoms with Crippen LogP contribution in [0.1, 0.15) is 10.4 Å². The van der Waals surface area contributed by atoms with E-state index in [-0.39, 0.29) is 19.7 Å². The number of carbonyl (C=O) groups excluding carboxylic acids is 2. The first-order valence-corrected chi connectivity index (χ1v) is 6.28. The van der Waals surface area contributed by atoms with E-state index in [2.05, 4.69) is 10.9 Å². The highest BCUT2D eigenvalue weighted by atomic mass is 19.3. The molecule has 0 spiro atoms. The molecule has 0 heterocycles. The number of benzene rings is 1. The zero-order valence-electron chi connectivity index (χ0n) is 11.3. The van der Waals surface area contributed by atoms with Crippen molar-refractivity contribution in [3.63, 3.8) is 0 Å². The topological polar surface area (TPSA) is 81.7 Å². The second-order valence-electron chi connectivity index (χ2n) is 4.22. The first kappa shape index (κ1) is 17.0. The molecule has 0 saturated carbocycles. The van der Waals surface area contributed by atoms with E-state index in [1.807, 2.05) is 0 Å². The number of halogens is 2. The van der Waals surface area contributed by atoms with Gasteiger partial charge in [0.05, 0.1) is 19.7 Å². The molecule has 0 radical (unpaired) electrons. The Labute approximate surface area is 120 Å². The number of aliphatic hydroxyl groups is 1. The molecule has 0 fully saturated rings. The van der Waals surface area contributed by atoms with Crippen molar-refractivity contribution in [3.05, 3.63) is 35.9 Å². The molecule has 6 nitrogen and oxygen atoms in total. The van der Waals surface area contributed by atoms with E-state index in [1.165, 1.54) is 0 Å². The normalized spacial score (nSPS) is 10.7. The van der Waals surface area contributed by atoms with Crippen LogP contribution < -0.4 is 10.9 Å². The Kier molecular flexibility index (Phi) is 7.27. The van der Waals surface area contributed by atoms with Gasteiger partial charge in [0.15, 0.2) is 0 Å². The van der Waals surface area contributed by atoms with E-state index in [9.17, 15) is 18.4 Å². The summed E-state index contributed by atoms with van der Waals surface area (Å²) in [6, 6.07) is 8.21. The Morgan fingerprint density at radius 1 is 1.19 bits per heavy atom. The molecule has 1 aromatic rings. The number of carbonyl (C=O) groups is 2. The lowest BCUT2D eigenvalue weighted by molar-refractivity contribution is -0.123. The standard InChI is InChI=1S/C13H17F2N3O3/c14-11(15)8-18(6-7-19)9-12(20)16-17-13(21)10-4-2-1-3-5-10/h1-5,11,19H,6-9H2,(H,16,20)(H,17,21). The predicted octanol–water partition coefficient (Wildman–Crippen LogP) is 0.00700. The summed E-state index contributed by atoms with van der Waals surface area (Å²) in [5, 5.41) is 8.74. The van der Waals surface area contributed by atoms with Crippen molar-refractivity contribution in [1.82, 2.24) is 15.8 Å². The van der Waals surface area contributed by atoms with Crippen molar-refractivity contribution in [2.45, 2.75) is 6.43 Å². The molecule has 1 aromatic carbocycles. The summed E-state index contributed by atoms with van der Waals surface area (Å²) >= 11 is 0. The maximum Gasteiger partial charge on any atom is 0.269 e. The minimum Gasteiger partial charge on any atom is -0.395 e. The molecule has 8 heteroatoms. The minimum atomic E-state index is -2.61. The molecule has 3 N–H and O–H groups in total. The third kappa shape index (κ3) is 6.77.